The molecule has 0 fully saturated rings. The number of halogens is 1. The van der Waals surface area contributed by atoms with Crippen LogP contribution in [0.3, 0.4) is 0 Å². The van der Waals surface area contributed by atoms with Crippen molar-refractivity contribution in [2.24, 2.45) is 0 Å². The monoisotopic (exact) mass is 421 g/mol. The van der Waals surface area contributed by atoms with Gasteiger partial charge >= 0.3 is 0 Å². The second kappa shape index (κ2) is 7.09. The van der Waals surface area contributed by atoms with Crippen molar-refractivity contribution in [3.63, 3.8) is 0 Å². The first-order valence-electron chi connectivity index (χ1n) is 9.15. The van der Waals surface area contributed by atoms with Crippen molar-refractivity contribution in [3.05, 3.63) is 80.1 Å². The molecule has 5 rings (SSSR count). The van der Waals surface area contributed by atoms with Gasteiger partial charge in [-0.3, -0.25) is 4.79 Å². The van der Waals surface area contributed by atoms with Crippen molar-refractivity contribution in [1.82, 2.24) is 24.1 Å². The van der Waals surface area contributed by atoms with E-state index < -0.39 is 0 Å². The molecule has 0 aliphatic rings. The van der Waals surface area contributed by atoms with E-state index in [9.17, 15) is 4.79 Å². The Hall–Kier alpha value is -3.03. The van der Waals surface area contributed by atoms with Crippen molar-refractivity contribution in [2.45, 2.75) is 19.9 Å². The molecule has 0 spiro atoms. The summed E-state index contributed by atoms with van der Waals surface area (Å²) < 4.78 is 3.36. The molecule has 0 saturated heterocycles. The lowest BCUT2D eigenvalue weighted by Gasteiger charge is -2.11. The predicted octanol–water partition coefficient (Wildman–Crippen LogP) is 4.37. The third-order valence-electron chi connectivity index (χ3n) is 4.79. The van der Waals surface area contributed by atoms with Crippen LogP contribution in [0.25, 0.3) is 27.9 Å². The summed E-state index contributed by atoms with van der Waals surface area (Å²) in [5.74, 6) is 1.05. The second-order valence-corrected chi connectivity index (χ2v) is 8.21. The van der Waals surface area contributed by atoms with Gasteiger partial charge in [0.15, 0.2) is 0 Å². The normalized spacial score (nSPS) is 11.5. The Morgan fingerprint density at radius 2 is 2.03 bits per heavy atom. The van der Waals surface area contributed by atoms with Crippen LogP contribution in [0, 0.1) is 6.92 Å². The van der Waals surface area contributed by atoms with E-state index in [1.165, 1.54) is 4.88 Å². The molecule has 0 aliphatic carbocycles. The van der Waals surface area contributed by atoms with E-state index >= 15 is 0 Å². The van der Waals surface area contributed by atoms with E-state index in [1.807, 2.05) is 35.7 Å². The summed E-state index contributed by atoms with van der Waals surface area (Å²) in [5.41, 5.74) is 1.95. The van der Waals surface area contributed by atoms with E-state index in [0.717, 1.165) is 12.0 Å². The Morgan fingerprint density at radius 1 is 1.14 bits per heavy atom. The van der Waals surface area contributed by atoms with E-state index in [0.29, 0.717) is 39.8 Å². The van der Waals surface area contributed by atoms with Gasteiger partial charge in [0.1, 0.15) is 5.82 Å². The van der Waals surface area contributed by atoms with Crippen molar-refractivity contribution in [1.29, 1.82) is 0 Å². The first kappa shape index (κ1) is 18.0. The zero-order chi connectivity index (χ0) is 20.0. The third kappa shape index (κ3) is 3.22. The standard InChI is InChI=1S/C21H16ClN5OS/c1-13-23-21-24-17-8-10-26(9-7-16-6-3-11-29-16)20(28)18(17)19(27(21)25-13)14-4-2-5-15(22)12-14/h2-6,8,10-12H,7,9H2,1H3. The molecule has 8 heteroatoms. The number of pyridine rings is 1. The summed E-state index contributed by atoms with van der Waals surface area (Å²) in [6, 6.07) is 13.4. The Kier molecular flexibility index (Phi) is 4.41. The minimum atomic E-state index is -0.100. The van der Waals surface area contributed by atoms with Gasteiger partial charge in [0.25, 0.3) is 11.3 Å². The SMILES string of the molecule is Cc1nc2nc3ccn(CCc4cccs4)c(=O)c3c(-c3cccc(Cl)c3)n2n1. The van der Waals surface area contributed by atoms with Gasteiger partial charge in [-0.2, -0.15) is 9.50 Å². The van der Waals surface area contributed by atoms with E-state index in [2.05, 4.69) is 21.1 Å². The maximum Gasteiger partial charge on any atom is 0.262 e. The maximum absolute atomic E-state index is 13.4. The molecule has 1 aromatic carbocycles. The van der Waals surface area contributed by atoms with Crippen molar-refractivity contribution < 1.29 is 0 Å². The molecule has 0 N–H and O–H groups in total. The minimum absolute atomic E-state index is 0.100. The minimum Gasteiger partial charge on any atom is -0.314 e. The Bertz CT molecular complexity index is 1400. The number of hydrogen-bond acceptors (Lipinski definition) is 5. The number of fused-ring (bicyclic) bond motifs is 2. The quantitative estimate of drug-likeness (QED) is 0.432. The molecular weight excluding hydrogens is 406 g/mol. The van der Waals surface area contributed by atoms with Crippen molar-refractivity contribution in [3.8, 4) is 11.3 Å². The highest BCUT2D eigenvalue weighted by Gasteiger charge is 2.18. The number of rotatable bonds is 4. The summed E-state index contributed by atoms with van der Waals surface area (Å²) in [6.07, 6.45) is 2.60. The summed E-state index contributed by atoms with van der Waals surface area (Å²) in [6.45, 7) is 2.40. The van der Waals surface area contributed by atoms with Gasteiger partial charge in [-0.1, -0.05) is 29.8 Å². The van der Waals surface area contributed by atoms with Crippen molar-refractivity contribution in [2.75, 3.05) is 0 Å². The van der Waals surface area contributed by atoms with E-state index in [1.54, 1.807) is 39.6 Å². The fourth-order valence-electron chi connectivity index (χ4n) is 3.48. The largest absolute Gasteiger partial charge is 0.314 e. The van der Waals surface area contributed by atoms with E-state index in [-0.39, 0.29) is 5.56 Å². The lowest BCUT2D eigenvalue weighted by atomic mass is 10.1. The maximum atomic E-state index is 13.4. The predicted molar refractivity (Wildman–Crippen MR) is 116 cm³/mol. The average Bonchev–Trinajstić information content (AvgIpc) is 3.34. The lowest BCUT2D eigenvalue weighted by Crippen LogP contribution is -2.22. The molecule has 4 aromatic heterocycles. The van der Waals surface area contributed by atoms with Gasteiger partial charge in [0.05, 0.1) is 16.6 Å². The number of aryl methyl sites for hydroxylation is 3. The van der Waals surface area contributed by atoms with Gasteiger partial charge in [0.2, 0.25) is 0 Å². The number of thiophene rings is 1. The molecule has 0 aliphatic heterocycles. The molecule has 5 aromatic rings. The lowest BCUT2D eigenvalue weighted by molar-refractivity contribution is 0.679. The first-order chi connectivity index (χ1) is 14.1. The molecule has 4 heterocycles. The number of benzene rings is 1. The molecule has 29 heavy (non-hydrogen) atoms. The van der Waals surface area contributed by atoms with Crippen molar-refractivity contribution >= 4 is 39.6 Å². The van der Waals surface area contributed by atoms with Crippen LogP contribution in [0.2, 0.25) is 5.02 Å². The first-order valence-corrected chi connectivity index (χ1v) is 10.4. The summed E-state index contributed by atoms with van der Waals surface area (Å²) >= 11 is 7.93. The van der Waals surface area contributed by atoms with Gasteiger partial charge in [0, 0.05) is 28.2 Å². The fraction of sp³-hybridized carbons (Fsp3) is 0.143. The van der Waals surface area contributed by atoms with Gasteiger partial charge in [-0.15, -0.1) is 16.4 Å². The number of nitrogens with zero attached hydrogens (tertiary/aromatic N) is 5. The van der Waals surface area contributed by atoms with Gasteiger partial charge < -0.3 is 4.57 Å². The Balaban J connectivity index is 1.77. The zero-order valence-corrected chi connectivity index (χ0v) is 17.1. The van der Waals surface area contributed by atoms with Crippen LogP contribution < -0.4 is 5.56 Å². The molecule has 0 atom stereocenters. The third-order valence-corrected chi connectivity index (χ3v) is 5.96. The second-order valence-electron chi connectivity index (χ2n) is 6.75. The highest BCUT2D eigenvalue weighted by atomic mass is 35.5. The van der Waals surface area contributed by atoms with Crippen LogP contribution in [-0.4, -0.2) is 24.1 Å². The van der Waals surface area contributed by atoms with Gasteiger partial charge in [-0.25, -0.2) is 4.98 Å². The van der Waals surface area contributed by atoms with Crippen LogP contribution in [0.5, 0.6) is 0 Å². The van der Waals surface area contributed by atoms with Crippen LogP contribution in [0.4, 0.5) is 0 Å². The van der Waals surface area contributed by atoms with Crippen LogP contribution >= 0.6 is 22.9 Å². The molecule has 144 valence electrons. The Labute approximate surface area is 175 Å². The number of aromatic nitrogens is 5. The smallest absolute Gasteiger partial charge is 0.262 e. The molecule has 0 saturated carbocycles. The fourth-order valence-corrected chi connectivity index (χ4v) is 4.37. The highest BCUT2D eigenvalue weighted by Crippen LogP contribution is 2.28. The number of hydrogen-bond donors (Lipinski definition) is 0. The molecule has 0 unspecified atom stereocenters. The topological polar surface area (TPSA) is 65.1 Å². The van der Waals surface area contributed by atoms with Gasteiger partial charge in [-0.05, 0) is 43.0 Å². The summed E-state index contributed by atoms with van der Waals surface area (Å²) in [4.78, 5) is 23.7. The molecule has 0 bridgehead atoms. The Morgan fingerprint density at radius 3 is 2.83 bits per heavy atom. The van der Waals surface area contributed by atoms with E-state index in [4.69, 9.17) is 11.6 Å². The molecule has 0 amide bonds. The average molecular weight is 422 g/mol. The molecule has 6 nitrogen and oxygen atoms in total. The molecular formula is C21H16ClN5OS. The highest BCUT2D eigenvalue weighted by molar-refractivity contribution is 7.09. The van der Waals surface area contributed by atoms with Crippen LogP contribution in [0.15, 0.2) is 58.8 Å². The summed E-state index contributed by atoms with van der Waals surface area (Å²) in [7, 11) is 0. The van der Waals surface area contributed by atoms with Crippen LogP contribution in [-0.2, 0) is 13.0 Å². The summed E-state index contributed by atoms with van der Waals surface area (Å²) in [5, 5.41) is 7.63. The zero-order valence-electron chi connectivity index (χ0n) is 15.5. The molecule has 0 radical (unpaired) electrons. The van der Waals surface area contributed by atoms with Crippen LogP contribution in [0.1, 0.15) is 10.7 Å².